The second-order valence-electron chi connectivity index (χ2n) is 9.78. The lowest BCUT2D eigenvalue weighted by molar-refractivity contribution is -0.923. The SMILES string of the molecule is CC(C)(C)[N+]1(C(=O)[O-])CCC(N2CCc3cc(S(=O)(=O)c4cccc(F)c4)ccc32)CC1. The molecule has 0 N–H and O–H groups in total. The van der Waals surface area contributed by atoms with Gasteiger partial charge < -0.3 is 14.8 Å². The molecule has 6 nitrogen and oxygen atoms in total. The molecule has 172 valence electrons. The first kappa shape index (κ1) is 22.7. The van der Waals surface area contributed by atoms with Gasteiger partial charge in [-0.05, 0) is 69.2 Å². The number of rotatable bonds is 3. The Balaban J connectivity index is 1.56. The molecule has 8 heteroatoms. The summed E-state index contributed by atoms with van der Waals surface area (Å²) in [6, 6.07) is 10.3. The number of anilines is 1. The number of likely N-dealkylation sites (tertiary alicyclic amines) is 1. The summed E-state index contributed by atoms with van der Waals surface area (Å²) < 4.78 is 39.4. The highest BCUT2D eigenvalue weighted by molar-refractivity contribution is 7.91. The summed E-state index contributed by atoms with van der Waals surface area (Å²) in [6.45, 7) is 7.60. The quantitative estimate of drug-likeness (QED) is 0.658. The highest BCUT2D eigenvalue weighted by Gasteiger charge is 2.46. The highest BCUT2D eigenvalue weighted by Crippen LogP contribution is 2.38. The van der Waals surface area contributed by atoms with E-state index < -0.39 is 27.3 Å². The zero-order valence-electron chi connectivity index (χ0n) is 18.7. The van der Waals surface area contributed by atoms with Crippen molar-refractivity contribution in [3.8, 4) is 0 Å². The molecule has 1 saturated heterocycles. The number of carboxylic acid groups (broad SMARTS) is 1. The molecule has 32 heavy (non-hydrogen) atoms. The van der Waals surface area contributed by atoms with Gasteiger partial charge in [0.1, 0.15) is 5.82 Å². The number of hydrogen-bond acceptors (Lipinski definition) is 5. The maximum atomic E-state index is 13.6. The number of amides is 1. The first-order valence-corrected chi connectivity index (χ1v) is 12.4. The Kier molecular flexibility index (Phi) is 5.57. The average Bonchev–Trinajstić information content (AvgIpc) is 3.16. The number of fused-ring (bicyclic) bond motifs is 1. The number of carbonyl (C=O) groups is 1. The van der Waals surface area contributed by atoms with Crippen molar-refractivity contribution in [3.05, 3.63) is 53.8 Å². The highest BCUT2D eigenvalue weighted by atomic mass is 32.2. The van der Waals surface area contributed by atoms with Crippen LogP contribution < -0.4 is 10.0 Å². The van der Waals surface area contributed by atoms with Gasteiger partial charge in [-0.15, -0.1) is 0 Å². The van der Waals surface area contributed by atoms with Crippen LogP contribution in [0, 0.1) is 5.82 Å². The minimum Gasteiger partial charge on any atom is -0.498 e. The number of sulfone groups is 1. The molecule has 0 unspecified atom stereocenters. The van der Waals surface area contributed by atoms with Crippen molar-refractivity contribution in [1.29, 1.82) is 0 Å². The molecule has 0 radical (unpaired) electrons. The Morgan fingerprint density at radius 1 is 1.09 bits per heavy atom. The lowest BCUT2D eigenvalue weighted by Crippen LogP contribution is -2.71. The molecular formula is C24H29FN2O4S. The van der Waals surface area contributed by atoms with Gasteiger partial charge in [0.25, 0.3) is 6.09 Å². The third-order valence-corrected chi connectivity index (χ3v) is 8.91. The van der Waals surface area contributed by atoms with Gasteiger partial charge in [0.2, 0.25) is 9.84 Å². The molecular weight excluding hydrogens is 431 g/mol. The Morgan fingerprint density at radius 2 is 1.75 bits per heavy atom. The zero-order valence-corrected chi connectivity index (χ0v) is 19.5. The van der Waals surface area contributed by atoms with Crippen molar-refractivity contribution < 1.29 is 27.2 Å². The van der Waals surface area contributed by atoms with Gasteiger partial charge in [0.05, 0.1) is 28.4 Å². The van der Waals surface area contributed by atoms with Crippen molar-refractivity contribution in [2.75, 3.05) is 24.5 Å². The van der Waals surface area contributed by atoms with Crippen LogP contribution in [0.2, 0.25) is 0 Å². The van der Waals surface area contributed by atoms with Crippen LogP contribution in [0.4, 0.5) is 14.9 Å². The van der Waals surface area contributed by atoms with Gasteiger partial charge in [-0.3, -0.25) is 4.48 Å². The molecule has 4 rings (SSSR count). The van der Waals surface area contributed by atoms with Gasteiger partial charge in [-0.1, -0.05) is 6.07 Å². The fraction of sp³-hybridized carbons (Fsp3) is 0.458. The van der Waals surface area contributed by atoms with E-state index in [1.807, 2.05) is 26.8 Å². The van der Waals surface area contributed by atoms with E-state index in [4.69, 9.17) is 0 Å². The Labute approximate surface area is 188 Å². The Morgan fingerprint density at radius 3 is 2.34 bits per heavy atom. The number of carbonyl (C=O) groups excluding carboxylic acids is 1. The van der Waals surface area contributed by atoms with E-state index in [2.05, 4.69) is 4.90 Å². The van der Waals surface area contributed by atoms with Gasteiger partial charge in [-0.2, -0.15) is 0 Å². The van der Waals surface area contributed by atoms with Gasteiger partial charge >= 0.3 is 0 Å². The van der Waals surface area contributed by atoms with E-state index in [0.29, 0.717) is 13.1 Å². The second kappa shape index (κ2) is 7.85. The van der Waals surface area contributed by atoms with Crippen molar-refractivity contribution in [2.24, 2.45) is 0 Å². The maximum Gasteiger partial charge on any atom is 0.257 e. The minimum atomic E-state index is -3.80. The molecule has 0 saturated carbocycles. The molecule has 2 heterocycles. The van der Waals surface area contributed by atoms with Crippen molar-refractivity contribution in [2.45, 2.75) is 61.4 Å². The van der Waals surface area contributed by atoms with Crippen LogP contribution in [0.25, 0.3) is 0 Å². The van der Waals surface area contributed by atoms with E-state index in [1.165, 1.54) is 18.2 Å². The molecule has 2 aromatic rings. The van der Waals surface area contributed by atoms with E-state index in [1.54, 1.807) is 12.1 Å². The van der Waals surface area contributed by atoms with Crippen LogP contribution in [-0.4, -0.2) is 50.2 Å². The summed E-state index contributed by atoms with van der Waals surface area (Å²) in [5.41, 5.74) is 1.51. The normalized spacial score (nSPS) is 23.8. The summed E-state index contributed by atoms with van der Waals surface area (Å²) in [4.78, 5) is 14.4. The number of piperidine rings is 1. The number of nitrogens with zero attached hydrogens (tertiary/aromatic N) is 2. The Bertz CT molecular complexity index is 1150. The predicted octanol–water partition coefficient (Wildman–Crippen LogP) is 3.14. The van der Waals surface area contributed by atoms with Crippen molar-refractivity contribution >= 4 is 21.6 Å². The molecule has 0 bridgehead atoms. The second-order valence-corrected chi connectivity index (χ2v) is 11.7. The summed E-state index contributed by atoms with van der Waals surface area (Å²) >= 11 is 0. The average molecular weight is 461 g/mol. The van der Waals surface area contributed by atoms with E-state index >= 15 is 0 Å². The van der Waals surface area contributed by atoms with E-state index in [0.717, 1.165) is 43.1 Å². The lowest BCUT2D eigenvalue weighted by atomic mass is 9.93. The Hall–Kier alpha value is -2.45. The van der Waals surface area contributed by atoms with Crippen LogP contribution >= 0.6 is 0 Å². The molecule has 2 aliphatic rings. The number of hydrogen-bond donors (Lipinski definition) is 0. The minimum absolute atomic E-state index is 0.0466. The zero-order chi connectivity index (χ0) is 23.3. The molecule has 2 aliphatic heterocycles. The monoisotopic (exact) mass is 460 g/mol. The van der Waals surface area contributed by atoms with Crippen LogP contribution in [0.1, 0.15) is 39.2 Å². The summed E-state index contributed by atoms with van der Waals surface area (Å²) in [5, 5.41) is 12.0. The third-order valence-electron chi connectivity index (χ3n) is 7.16. The molecule has 0 aliphatic carbocycles. The fourth-order valence-corrected chi connectivity index (χ4v) is 6.50. The van der Waals surface area contributed by atoms with Gasteiger partial charge in [-0.25, -0.2) is 12.8 Å². The molecule has 1 amide bonds. The van der Waals surface area contributed by atoms with Crippen LogP contribution in [-0.2, 0) is 16.3 Å². The topological polar surface area (TPSA) is 77.5 Å². The summed E-state index contributed by atoms with van der Waals surface area (Å²) in [5.74, 6) is -0.586. The first-order chi connectivity index (χ1) is 15.0. The van der Waals surface area contributed by atoms with Crippen LogP contribution in [0.15, 0.2) is 52.3 Å². The smallest absolute Gasteiger partial charge is 0.257 e. The van der Waals surface area contributed by atoms with Gasteiger partial charge in [0, 0.05) is 31.1 Å². The lowest BCUT2D eigenvalue weighted by Gasteiger charge is -2.52. The van der Waals surface area contributed by atoms with Crippen LogP contribution in [0.3, 0.4) is 0 Å². The summed E-state index contributed by atoms with van der Waals surface area (Å²) in [7, 11) is -3.80. The first-order valence-electron chi connectivity index (χ1n) is 10.9. The number of benzene rings is 2. The fourth-order valence-electron chi connectivity index (χ4n) is 5.15. The molecule has 0 atom stereocenters. The summed E-state index contributed by atoms with van der Waals surface area (Å²) in [6.07, 6.45) is 1.16. The van der Waals surface area contributed by atoms with Crippen molar-refractivity contribution in [3.63, 3.8) is 0 Å². The van der Waals surface area contributed by atoms with Crippen LogP contribution in [0.5, 0.6) is 0 Å². The molecule has 0 aromatic heterocycles. The number of quaternary nitrogens is 1. The molecule has 2 aromatic carbocycles. The maximum absolute atomic E-state index is 13.6. The third kappa shape index (κ3) is 3.69. The van der Waals surface area contributed by atoms with E-state index in [9.17, 15) is 22.7 Å². The van der Waals surface area contributed by atoms with Crippen molar-refractivity contribution in [1.82, 2.24) is 0 Å². The molecule has 0 spiro atoms. The largest absolute Gasteiger partial charge is 0.498 e. The molecule has 1 fully saturated rings. The predicted molar refractivity (Wildman–Crippen MR) is 118 cm³/mol. The number of halogens is 1. The van der Waals surface area contributed by atoms with Gasteiger partial charge in [0.15, 0.2) is 0 Å². The van der Waals surface area contributed by atoms with E-state index in [-0.39, 0.29) is 20.3 Å². The standard InChI is InChI=1S/C24H29FN2O4S/c1-24(2,3)27(23(28)29)13-10-19(11-14-27)26-12-9-17-15-21(7-8-22(17)26)32(30,31)20-6-4-5-18(25)16-20/h4-8,15-16,19H,9-14H2,1-3H3.